The van der Waals surface area contributed by atoms with Crippen LogP contribution in [0.15, 0.2) is 80.2 Å². The third-order valence-electron chi connectivity index (χ3n) is 24.0. The fourth-order valence-corrected chi connectivity index (χ4v) is 16.1. The van der Waals surface area contributed by atoms with Gasteiger partial charge in [0.2, 0.25) is 0 Å². The van der Waals surface area contributed by atoms with Crippen molar-refractivity contribution >= 4 is 35.8 Å². The van der Waals surface area contributed by atoms with Gasteiger partial charge in [0.05, 0.1) is 24.7 Å². The summed E-state index contributed by atoms with van der Waals surface area (Å²) in [5.41, 5.74) is -2.18. The molecule has 0 amide bonds. The van der Waals surface area contributed by atoms with Crippen molar-refractivity contribution in [1.82, 2.24) is 29.7 Å². The minimum absolute atomic E-state index is 0.0319. The number of allylic oxidation sites excluding steroid dienone is 8. The molecule has 2 saturated heterocycles. The predicted molar refractivity (Wildman–Crippen MR) is 503 cm³/mol. The first-order valence-electron chi connectivity index (χ1n) is 50.5. The van der Waals surface area contributed by atoms with Gasteiger partial charge in [-0.15, -0.1) is 0 Å². The van der Waals surface area contributed by atoms with Gasteiger partial charge in [-0.05, 0) is 142 Å². The number of aromatic amines is 2. The molecule has 2 aromatic heterocycles. The smallest absolute Gasteiger partial charge is 0.330 e. The lowest BCUT2D eigenvalue weighted by atomic mass is 9.97. The molecule has 2 fully saturated rings. The van der Waals surface area contributed by atoms with Crippen LogP contribution in [0.1, 0.15) is 424 Å². The van der Waals surface area contributed by atoms with E-state index >= 15 is 0 Å². The topological polar surface area (TPSA) is 310 Å². The van der Waals surface area contributed by atoms with E-state index in [9.17, 15) is 47.9 Å². The van der Waals surface area contributed by atoms with Crippen LogP contribution in [0.5, 0.6) is 0 Å². The van der Waals surface area contributed by atoms with Crippen molar-refractivity contribution in [2.24, 2.45) is 11.8 Å². The Morgan fingerprint density at radius 1 is 0.317 bits per heavy atom. The molecule has 0 aromatic carbocycles. The second kappa shape index (κ2) is 74.7. The van der Waals surface area contributed by atoms with Crippen molar-refractivity contribution in [2.45, 2.75) is 451 Å². The number of unbranched alkanes of at least 4 members (excludes halogenated alkanes) is 44. The van der Waals surface area contributed by atoms with E-state index < -0.39 is 120 Å². The number of nitrogens with one attached hydrogen (secondary N) is 4. The molecule has 4 heterocycles. The second-order valence-electron chi connectivity index (χ2n) is 35.5. The number of rotatable bonds is 79. The number of nitrogens with zero attached hydrogens (tertiary/aromatic N) is 2. The highest BCUT2D eigenvalue weighted by Crippen LogP contribution is 2.29. The van der Waals surface area contributed by atoms with E-state index in [4.69, 9.17) is 37.9 Å². The summed E-state index contributed by atoms with van der Waals surface area (Å²) in [7, 11) is 0. The Balaban J connectivity index is 1.59. The van der Waals surface area contributed by atoms with Crippen molar-refractivity contribution in [2.75, 3.05) is 52.6 Å². The lowest BCUT2D eigenvalue weighted by Gasteiger charge is -2.38. The first-order valence-corrected chi connectivity index (χ1v) is 50.5. The van der Waals surface area contributed by atoms with E-state index in [1.165, 1.54) is 176 Å². The van der Waals surface area contributed by atoms with Crippen molar-refractivity contribution in [1.29, 1.82) is 0 Å². The van der Waals surface area contributed by atoms with Gasteiger partial charge < -0.3 is 48.5 Å². The summed E-state index contributed by atoms with van der Waals surface area (Å²) >= 11 is 0. The van der Waals surface area contributed by atoms with Crippen molar-refractivity contribution in [3.05, 3.63) is 114 Å². The van der Waals surface area contributed by atoms with E-state index in [-0.39, 0.29) is 89.4 Å². The van der Waals surface area contributed by atoms with Gasteiger partial charge in [0.25, 0.3) is 11.1 Å². The molecule has 4 N–H and O–H groups in total. The Labute approximate surface area is 757 Å². The van der Waals surface area contributed by atoms with Crippen LogP contribution in [0.2, 0.25) is 0 Å². The second-order valence-corrected chi connectivity index (χ2v) is 35.5. The van der Waals surface area contributed by atoms with Gasteiger partial charge in [-0.1, -0.05) is 282 Å². The molecule has 2 aromatic rings. The first-order chi connectivity index (χ1) is 61.5. The highest BCUT2D eigenvalue weighted by Gasteiger charge is 2.42. The molecular weight excluding hydrogens is 1600 g/mol. The number of hydrogen-bond donors (Lipinski definition) is 4. The number of H-pyrrole nitrogens is 2. The third kappa shape index (κ3) is 54.5. The number of ether oxygens (including phenoxy) is 8. The lowest BCUT2D eigenvalue weighted by Crippen LogP contribution is -2.54. The molecule has 126 heavy (non-hydrogen) atoms. The highest BCUT2D eigenvalue weighted by atomic mass is 16.6. The number of aryl methyl sites for hydroxylation is 2. The molecule has 2 unspecified atom stereocenters. The van der Waals surface area contributed by atoms with Gasteiger partial charge >= 0.3 is 47.2 Å². The van der Waals surface area contributed by atoms with Crippen molar-refractivity contribution in [3.63, 3.8) is 0 Å². The fourth-order valence-electron chi connectivity index (χ4n) is 16.1. The molecule has 2 aliphatic rings. The molecule has 6 atom stereocenters. The number of morpholine rings is 2. The van der Waals surface area contributed by atoms with Gasteiger partial charge in [0, 0.05) is 75.4 Å². The Kier molecular flexibility index (Phi) is 66.0. The van der Waals surface area contributed by atoms with Crippen molar-refractivity contribution in [3.8, 4) is 0 Å². The summed E-state index contributed by atoms with van der Waals surface area (Å²) in [6.07, 6.45) is 69.9. The number of esters is 6. The van der Waals surface area contributed by atoms with E-state index in [0.29, 0.717) is 25.7 Å². The summed E-state index contributed by atoms with van der Waals surface area (Å²) in [6.45, 7) is 10.8. The summed E-state index contributed by atoms with van der Waals surface area (Å²) in [6, 6.07) is 0. The molecule has 0 aliphatic carbocycles. The van der Waals surface area contributed by atoms with Gasteiger partial charge in [-0.2, -0.15) is 0 Å². The molecule has 0 radical (unpaired) electrons. The van der Waals surface area contributed by atoms with Gasteiger partial charge in [0.15, 0.2) is 12.5 Å². The maximum atomic E-state index is 14.8. The number of hydrogen-bond acceptors (Lipinski definition) is 20. The normalized spacial score (nSPS) is 16.1. The fraction of sp³-hybridized carbons (Fsp3) is 0.784. The molecular formula is C102H172N6O18. The van der Waals surface area contributed by atoms with Crippen LogP contribution in [-0.2, 0) is 66.7 Å². The van der Waals surface area contributed by atoms with E-state index in [1.807, 2.05) is 0 Å². The third-order valence-corrected chi connectivity index (χ3v) is 24.0. The molecule has 0 saturated carbocycles. The van der Waals surface area contributed by atoms with E-state index in [2.05, 4.69) is 96.9 Å². The van der Waals surface area contributed by atoms with Crippen LogP contribution in [0, 0.1) is 25.7 Å². The maximum absolute atomic E-state index is 14.8. The van der Waals surface area contributed by atoms with Crippen LogP contribution < -0.4 is 33.1 Å². The van der Waals surface area contributed by atoms with Crippen LogP contribution in [0.4, 0.5) is 0 Å². The summed E-state index contributed by atoms with van der Waals surface area (Å²) < 4.78 is 52.7. The quantitative estimate of drug-likeness (QED) is 0.0207. The van der Waals surface area contributed by atoms with Gasteiger partial charge in [0.1, 0.15) is 50.8 Å². The minimum Gasteiger partial charge on any atom is -0.465 e. The number of carbonyl (C=O) groups excluding carboxylic acids is 6. The Morgan fingerprint density at radius 3 is 0.778 bits per heavy atom. The summed E-state index contributed by atoms with van der Waals surface area (Å²) in [5, 5.41) is 6.55. The minimum atomic E-state index is -1.36. The zero-order valence-electron chi connectivity index (χ0n) is 79.3. The van der Waals surface area contributed by atoms with Crippen LogP contribution in [0.3, 0.4) is 0 Å². The Morgan fingerprint density at radius 2 is 0.540 bits per heavy atom. The highest BCUT2D eigenvalue weighted by molar-refractivity contribution is 5.78. The van der Waals surface area contributed by atoms with Crippen LogP contribution in [0.25, 0.3) is 0 Å². The zero-order valence-corrected chi connectivity index (χ0v) is 79.3. The average molecular weight is 1770 g/mol. The predicted octanol–water partition coefficient (Wildman–Crippen LogP) is 21.8. The molecule has 0 spiro atoms. The molecule has 24 heteroatoms. The van der Waals surface area contributed by atoms with E-state index in [1.54, 1.807) is 13.8 Å². The van der Waals surface area contributed by atoms with Gasteiger partial charge in [-0.3, -0.25) is 57.5 Å². The molecule has 4 rings (SSSR count). The molecule has 2 aliphatic heterocycles. The molecule has 0 bridgehead atoms. The molecule has 24 nitrogen and oxygen atoms in total. The van der Waals surface area contributed by atoms with Crippen LogP contribution in [-0.4, -0.2) is 132 Å². The molecule has 718 valence electrons. The SMILES string of the molecule is CCCCCCCC/C=C\CCCCCCCC(=O)OCC(COC(=O)CCCCCCC/C=C\CCCCCCCC)C(OC(=O)CCC(=O)OC(C(COC(=O)CCCCCCC/C=C\CCCCCCCC)COC(=O)CCCCCCC/C=C\CCCCCCCC)[C@@H]1CNC[C@H](n2cc(C)c(=O)[nH]c2=O)O1)[C@@H]1CNC[C@H](n2cc(C)c(=O)[nH]c2=O)O1. The maximum Gasteiger partial charge on any atom is 0.330 e. The van der Waals surface area contributed by atoms with Crippen LogP contribution >= 0.6 is 0 Å². The zero-order chi connectivity index (χ0) is 90.9. The summed E-state index contributed by atoms with van der Waals surface area (Å²) in [5.74, 6) is -5.95. The monoisotopic (exact) mass is 1770 g/mol. The lowest BCUT2D eigenvalue weighted by molar-refractivity contribution is -0.191. The van der Waals surface area contributed by atoms with E-state index in [0.717, 1.165) is 154 Å². The average Bonchev–Trinajstić information content (AvgIpc) is 0.809. The summed E-state index contributed by atoms with van der Waals surface area (Å²) in [4.78, 5) is 142. The Bertz CT molecular complexity index is 3220. The largest absolute Gasteiger partial charge is 0.465 e. The first kappa shape index (κ1) is 111. The standard InChI is InChI=1S/C102H172N6O18/c1-7-11-15-19-23-27-31-35-39-43-47-51-55-59-63-67-91(109)119-79-85(80-120-92(110)68-64-60-56-52-48-44-40-36-32-28-24-20-16-12-8-2)97(87-73-103-75-89(123-87)107-77-83(5)99(115)105-101(107)117)125-95(113)71-72-96(114)126-98(88-74-104-76-90(124-88)108-78-84(6)100(116)106-102(108)118)86(81-121-93(111)69-65-61-57-53-49-45-41-37-33-29-25-21-17-13-9-3)82-122-94(112)70-66-62-58-54-50-46-42-38-34-30-26-22-18-14-10-4/h35-42,77-78,85-90,97-98,103-104H,7-34,43-76,79-82H2,1-6H3,(H,105,115,117)(H,106,116,118)/b39-35-,40-36-,41-37-,42-38-/t87-,88-,89+,90+,97?,98?/m0/s1. The number of aromatic nitrogens is 4. The van der Waals surface area contributed by atoms with Gasteiger partial charge in [-0.25, -0.2) is 9.59 Å². The number of carbonyl (C=O) groups is 6. The Hall–Kier alpha value is -7.02. The van der Waals surface area contributed by atoms with Crippen molar-refractivity contribution < 1.29 is 66.7 Å².